The lowest BCUT2D eigenvalue weighted by atomic mass is 10.1. The molecule has 8 heteroatoms. The van der Waals surface area contributed by atoms with Gasteiger partial charge in [-0.1, -0.05) is 66.4 Å². The van der Waals surface area contributed by atoms with Crippen LogP contribution in [-0.2, 0) is 11.2 Å². The molecule has 0 bridgehead atoms. The van der Waals surface area contributed by atoms with Crippen LogP contribution in [0.4, 0.5) is 5.69 Å². The van der Waals surface area contributed by atoms with Crippen LogP contribution in [-0.4, -0.2) is 38.9 Å². The molecule has 3 aromatic carbocycles. The van der Waals surface area contributed by atoms with Crippen LogP contribution in [0.25, 0.3) is 5.69 Å². The summed E-state index contributed by atoms with van der Waals surface area (Å²) < 4.78 is 1.88. The number of nitrogens with zero attached hydrogens (tertiary/aromatic N) is 3. The molecule has 7 nitrogen and oxygen atoms in total. The normalized spacial score (nSPS) is 10.7. The van der Waals surface area contributed by atoms with E-state index in [1.807, 2.05) is 54.8 Å². The van der Waals surface area contributed by atoms with Gasteiger partial charge in [0, 0.05) is 6.54 Å². The zero-order chi connectivity index (χ0) is 24.6. The van der Waals surface area contributed by atoms with Gasteiger partial charge in [0.15, 0.2) is 5.16 Å². The third-order valence-electron chi connectivity index (χ3n) is 5.46. The van der Waals surface area contributed by atoms with Crippen LogP contribution in [0.2, 0.25) is 0 Å². The Kier molecular flexibility index (Phi) is 7.95. The van der Waals surface area contributed by atoms with Gasteiger partial charge in [0.1, 0.15) is 6.33 Å². The summed E-state index contributed by atoms with van der Waals surface area (Å²) in [5.74, 6) is -0.317. The fourth-order valence-electron chi connectivity index (χ4n) is 3.63. The van der Waals surface area contributed by atoms with Crippen molar-refractivity contribution >= 4 is 29.3 Å². The number of aromatic nitrogens is 3. The second kappa shape index (κ2) is 11.5. The lowest BCUT2D eigenvalue weighted by Crippen LogP contribution is -2.27. The number of nitrogens with one attached hydrogen (secondary N) is 2. The lowest BCUT2D eigenvalue weighted by molar-refractivity contribution is -0.113. The highest BCUT2D eigenvalue weighted by molar-refractivity contribution is 7.99. The summed E-state index contributed by atoms with van der Waals surface area (Å²) in [7, 11) is 0. The maximum absolute atomic E-state index is 12.8. The number of hydrogen-bond donors (Lipinski definition) is 2. The number of hydrogen-bond acceptors (Lipinski definition) is 5. The first-order chi connectivity index (χ1) is 17.0. The van der Waals surface area contributed by atoms with E-state index in [0.717, 1.165) is 28.8 Å². The van der Waals surface area contributed by atoms with E-state index in [4.69, 9.17) is 0 Å². The number of benzene rings is 3. The van der Waals surface area contributed by atoms with E-state index in [0.29, 0.717) is 23.0 Å². The Balaban J connectivity index is 1.36. The Bertz CT molecular complexity index is 1320. The van der Waals surface area contributed by atoms with Crippen molar-refractivity contribution in [2.45, 2.75) is 25.4 Å². The van der Waals surface area contributed by atoms with Gasteiger partial charge in [-0.25, -0.2) is 0 Å². The number of para-hydroxylation sites is 1. The molecule has 0 radical (unpaired) electrons. The molecule has 0 spiro atoms. The van der Waals surface area contributed by atoms with E-state index in [1.54, 1.807) is 30.6 Å². The highest BCUT2D eigenvalue weighted by Crippen LogP contribution is 2.23. The Morgan fingerprint density at radius 3 is 2.57 bits per heavy atom. The molecule has 1 heterocycles. The van der Waals surface area contributed by atoms with E-state index >= 15 is 0 Å². The second-order valence-electron chi connectivity index (χ2n) is 8.15. The molecule has 4 rings (SSSR count). The molecule has 2 N–H and O–H groups in total. The molecule has 2 amide bonds. The molecular formula is C27H27N5O2S. The first-order valence-corrected chi connectivity index (χ1v) is 12.3. The molecule has 0 fully saturated rings. The smallest absolute Gasteiger partial charge is 0.253 e. The number of amides is 2. The van der Waals surface area contributed by atoms with Crippen LogP contribution in [0.15, 0.2) is 84.3 Å². The zero-order valence-corrected chi connectivity index (χ0v) is 20.5. The summed E-state index contributed by atoms with van der Waals surface area (Å²) in [6.07, 6.45) is 2.38. The number of aryl methyl sites for hydroxylation is 2. The molecule has 178 valence electrons. The Morgan fingerprint density at radius 2 is 1.74 bits per heavy atom. The summed E-state index contributed by atoms with van der Waals surface area (Å²) in [4.78, 5) is 25.5. The van der Waals surface area contributed by atoms with E-state index < -0.39 is 0 Å². The number of carbonyl (C=O) groups excluding carboxylic acids is 2. The minimum Gasteiger partial charge on any atom is -0.352 e. The summed E-state index contributed by atoms with van der Waals surface area (Å²) >= 11 is 1.29. The van der Waals surface area contributed by atoms with Gasteiger partial charge in [-0.15, -0.1) is 10.2 Å². The largest absolute Gasteiger partial charge is 0.352 e. The van der Waals surface area contributed by atoms with Crippen molar-refractivity contribution in [1.29, 1.82) is 0 Å². The average molecular weight is 486 g/mol. The minimum absolute atomic E-state index is 0.132. The predicted molar refractivity (Wildman–Crippen MR) is 139 cm³/mol. The molecule has 35 heavy (non-hydrogen) atoms. The Morgan fingerprint density at radius 1 is 0.971 bits per heavy atom. The summed E-state index contributed by atoms with van der Waals surface area (Å²) in [5, 5.41) is 14.6. The SMILES string of the molecule is Cc1ccc(C)c(-n2cnnc2SCC(=O)Nc2ccccc2C(=O)NCCc2ccccc2)c1. The van der Waals surface area contributed by atoms with Gasteiger partial charge in [0.05, 0.1) is 22.7 Å². The molecule has 0 aliphatic rings. The molecule has 0 saturated heterocycles. The average Bonchev–Trinajstić information content (AvgIpc) is 3.33. The van der Waals surface area contributed by atoms with Gasteiger partial charge in [0.2, 0.25) is 5.91 Å². The summed E-state index contributed by atoms with van der Waals surface area (Å²) in [6, 6.07) is 23.1. The van der Waals surface area contributed by atoms with Crippen LogP contribution < -0.4 is 10.6 Å². The number of carbonyl (C=O) groups is 2. The number of anilines is 1. The zero-order valence-electron chi connectivity index (χ0n) is 19.7. The lowest BCUT2D eigenvalue weighted by Gasteiger charge is -2.12. The summed E-state index contributed by atoms with van der Waals surface area (Å²) in [5.41, 5.74) is 5.26. The molecular weight excluding hydrogens is 458 g/mol. The Hall–Kier alpha value is -3.91. The van der Waals surface area contributed by atoms with Crippen molar-refractivity contribution in [2.75, 3.05) is 17.6 Å². The van der Waals surface area contributed by atoms with Crippen LogP contribution >= 0.6 is 11.8 Å². The monoisotopic (exact) mass is 485 g/mol. The fraction of sp³-hybridized carbons (Fsp3) is 0.185. The topological polar surface area (TPSA) is 88.9 Å². The molecule has 4 aromatic rings. The molecule has 0 atom stereocenters. The van der Waals surface area contributed by atoms with Crippen LogP contribution in [0, 0.1) is 13.8 Å². The third-order valence-corrected chi connectivity index (χ3v) is 6.40. The van der Waals surface area contributed by atoms with Crippen molar-refractivity contribution in [3.63, 3.8) is 0 Å². The quantitative estimate of drug-likeness (QED) is 0.339. The molecule has 0 unspecified atom stereocenters. The van der Waals surface area contributed by atoms with E-state index in [2.05, 4.69) is 33.0 Å². The molecule has 0 aliphatic carbocycles. The van der Waals surface area contributed by atoms with Crippen LogP contribution in [0.3, 0.4) is 0 Å². The first-order valence-electron chi connectivity index (χ1n) is 11.3. The van der Waals surface area contributed by atoms with Crippen molar-refractivity contribution in [3.05, 3.63) is 101 Å². The van der Waals surface area contributed by atoms with Crippen LogP contribution in [0.5, 0.6) is 0 Å². The molecule has 0 saturated carbocycles. The maximum Gasteiger partial charge on any atom is 0.253 e. The van der Waals surface area contributed by atoms with Crippen molar-refractivity contribution in [3.8, 4) is 5.69 Å². The first kappa shape index (κ1) is 24.2. The van der Waals surface area contributed by atoms with Gasteiger partial charge in [-0.3, -0.25) is 14.2 Å². The van der Waals surface area contributed by atoms with Gasteiger partial charge >= 0.3 is 0 Å². The number of thioether (sulfide) groups is 1. The third kappa shape index (κ3) is 6.36. The van der Waals surface area contributed by atoms with Crippen molar-refractivity contribution in [2.24, 2.45) is 0 Å². The van der Waals surface area contributed by atoms with Gasteiger partial charge < -0.3 is 10.6 Å². The van der Waals surface area contributed by atoms with E-state index in [9.17, 15) is 9.59 Å². The highest BCUT2D eigenvalue weighted by atomic mass is 32.2. The van der Waals surface area contributed by atoms with Crippen molar-refractivity contribution in [1.82, 2.24) is 20.1 Å². The van der Waals surface area contributed by atoms with Gasteiger partial charge in [-0.05, 0) is 55.2 Å². The van der Waals surface area contributed by atoms with Crippen LogP contribution in [0.1, 0.15) is 27.0 Å². The maximum atomic E-state index is 12.8. The fourth-order valence-corrected chi connectivity index (χ4v) is 4.36. The predicted octanol–water partition coefficient (Wildman–Crippen LogP) is 4.59. The van der Waals surface area contributed by atoms with Crippen molar-refractivity contribution < 1.29 is 9.59 Å². The Labute approximate surface area is 209 Å². The van der Waals surface area contributed by atoms with E-state index in [-0.39, 0.29) is 17.6 Å². The summed E-state index contributed by atoms with van der Waals surface area (Å²) in [6.45, 7) is 4.57. The van der Waals surface area contributed by atoms with E-state index in [1.165, 1.54) is 11.8 Å². The van der Waals surface area contributed by atoms with Gasteiger partial charge in [0.25, 0.3) is 5.91 Å². The molecule has 0 aliphatic heterocycles. The van der Waals surface area contributed by atoms with Gasteiger partial charge in [-0.2, -0.15) is 0 Å². The standard InChI is InChI=1S/C27H27N5O2S/c1-19-12-13-20(2)24(16-19)32-18-29-31-27(32)35-17-25(33)30-23-11-7-6-10-22(23)26(34)28-15-14-21-8-4-3-5-9-21/h3-13,16,18H,14-15,17H2,1-2H3,(H,28,34)(H,30,33). The number of rotatable bonds is 9. The molecule has 1 aromatic heterocycles. The highest BCUT2D eigenvalue weighted by Gasteiger charge is 2.15. The second-order valence-corrected chi connectivity index (χ2v) is 9.09. The minimum atomic E-state index is -0.227.